The third kappa shape index (κ3) is 1.65. The van der Waals surface area contributed by atoms with E-state index < -0.39 is 5.24 Å². The number of carbonyl (C=O) groups is 1. The molecule has 0 spiro atoms. The summed E-state index contributed by atoms with van der Waals surface area (Å²) < 4.78 is 0.777. The Kier molecular flexibility index (Phi) is 2.52. The number of hydrogen-bond donors (Lipinski definition) is 0. The molecule has 0 aliphatic rings. The van der Waals surface area contributed by atoms with Gasteiger partial charge < -0.3 is 0 Å². The molecule has 0 aliphatic heterocycles. The van der Waals surface area contributed by atoms with E-state index in [2.05, 4.69) is 20.9 Å². The summed E-state index contributed by atoms with van der Waals surface area (Å²) in [5, 5.41) is 0.433. The highest BCUT2D eigenvalue weighted by atomic mass is 79.9. The molecule has 2 nitrogen and oxygen atoms in total. The molecule has 1 heterocycles. The van der Waals surface area contributed by atoms with Crippen molar-refractivity contribution in [3.8, 4) is 0 Å². The Morgan fingerprint density at radius 1 is 1.43 bits per heavy atom. The molecule has 0 saturated heterocycles. The van der Waals surface area contributed by atoms with Crippen LogP contribution in [0.1, 0.15) is 10.4 Å². The van der Waals surface area contributed by atoms with Crippen molar-refractivity contribution in [3.05, 3.63) is 40.5 Å². The number of halogens is 2. The van der Waals surface area contributed by atoms with Crippen LogP contribution in [0.25, 0.3) is 10.9 Å². The molecule has 0 saturated carbocycles. The zero-order valence-corrected chi connectivity index (χ0v) is 9.34. The van der Waals surface area contributed by atoms with E-state index >= 15 is 0 Å². The first kappa shape index (κ1) is 9.62. The zero-order valence-electron chi connectivity index (χ0n) is 7.00. The summed E-state index contributed by atoms with van der Waals surface area (Å²) in [5.74, 6) is 0. The van der Waals surface area contributed by atoms with Crippen molar-refractivity contribution in [1.82, 2.24) is 4.98 Å². The van der Waals surface area contributed by atoms with Gasteiger partial charge in [-0.25, -0.2) is 0 Å². The molecule has 2 aromatic rings. The topological polar surface area (TPSA) is 30.0 Å². The number of carbonyl (C=O) groups excluding carboxylic acids is 1. The molecule has 14 heavy (non-hydrogen) atoms. The lowest BCUT2D eigenvalue weighted by molar-refractivity contribution is 0.108. The SMILES string of the molecule is O=C(Cl)c1cc(Br)c2ncccc2c1. The van der Waals surface area contributed by atoms with Crippen molar-refractivity contribution in [2.24, 2.45) is 0 Å². The molecule has 0 unspecified atom stereocenters. The van der Waals surface area contributed by atoms with Crippen LogP contribution in [0, 0.1) is 0 Å². The standard InChI is InChI=1S/C10H5BrClNO/c11-8-5-7(10(12)14)4-6-2-1-3-13-9(6)8/h1-5H. The van der Waals surface area contributed by atoms with Gasteiger partial charge in [0.25, 0.3) is 5.24 Å². The molecule has 0 aliphatic carbocycles. The maximum absolute atomic E-state index is 11.0. The van der Waals surface area contributed by atoms with Gasteiger partial charge in [-0.05, 0) is 45.7 Å². The Hall–Kier alpha value is -0.930. The zero-order chi connectivity index (χ0) is 10.1. The average Bonchev–Trinajstić information content (AvgIpc) is 2.17. The summed E-state index contributed by atoms with van der Waals surface area (Å²) in [5.41, 5.74) is 1.30. The minimum absolute atomic E-state index is 0.462. The molecule has 0 fully saturated rings. The number of rotatable bonds is 1. The second-order valence-electron chi connectivity index (χ2n) is 2.81. The van der Waals surface area contributed by atoms with E-state index in [1.54, 1.807) is 18.3 Å². The lowest BCUT2D eigenvalue weighted by Crippen LogP contribution is -1.90. The number of aromatic nitrogens is 1. The van der Waals surface area contributed by atoms with Gasteiger partial charge >= 0.3 is 0 Å². The van der Waals surface area contributed by atoms with Crippen molar-refractivity contribution >= 4 is 43.7 Å². The van der Waals surface area contributed by atoms with Gasteiger partial charge in [-0.1, -0.05) is 6.07 Å². The van der Waals surface area contributed by atoms with Crippen molar-refractivity contribution in [1.29, 1.82) is 0 Å². The van der Waals surface area contributed by atoms with E-state index in [1.807, 2.05) is 12.1 Å². The highest BCUT2D eigenvalue weighted by Gasteiger charge is 2.06. The van der Waals surface area contributed by atoms with Gasteiger partial charge in [-0.3, -0.25) is 9.78 Å². The van der Waals surface area contributed by atoms with E-state index in [9.17, 15) is 4.79 Å². The van der Waals surface area contributed by atoms with Gasteiger partial charge in [0.05, 0.1) is 5.52 Å². The summed E-state index contributed by atoms with van der Waals surface area (Å²) in [6.07, 6.45) is 1.70. The normalized spacial score (nSPS) is 10.4. The summed E-state index contributed by atoms with van der Waals surface area (Å²) in [7, 11) is 0. The largest absolute Gasteiger partial charge is 0.276 e. The van der Waals surface area contributed by atoms with E-state index in [0.29, 0.717) is 5.56 Å². The number of fused-ring (bicyclic) bond motifs is 1. The van der Waals surface area contributed by atoms with Crippen LogP contribution in [0.4, 0.5) is 0 Å². The third-order valence-electron chi connectivity index (χ3n) is 1.89. The highest BCUT2D eigenvalue weighted by molar-refractivity contribution is 9.10. The Balaban J connectivity index is 2.78. The molecule has 0 radical (unpaired) electrons. The van der Waals surface area contributed by atoms with Gasteiger partial charge in [-0.15, -0.1) is 0 Å². The third-order valence-corrected chi connectivity index (χ3v) is 2.71. The van der Waals surface area contributed by atoms with Gasteiger partial charge in [0.2, 0.25) is 0 Å². The summed E-state index contributed by atoms with van der Waals surface area (Å²) in [4.78, 5) is 15.1. The quantitative estimate of drug-likeness (QED) is 0.744. The summed E-state index contributed by atoms with van der Waals surface area (Å²) in [6.45, 7) is 0. The molecule has 2 rings (SSSR count). The molecule has 0 atom stereocenters. The van der Waals surface area contributed by atoms with Crippen LogP contribution in [0.5, 0.6) is 0 Å². The van der Waals surface area contributed by atoms with Crippen LogP contribution >= 0.6 is 27.5 Å². The predicted octanol–water partition coefficient (Wildman–Crippen LogP) is 3.38. The smallest absolute Gasteiger partial charge is 0.252 e. The predicted molar refractivity (Wildman–Crippen MR) is 59.6 cm³/mol. The first-order chi connectivity index (χ1) is 6.68. The Labute approximate surface area is 94.0 Å². The molecule has 0 N–H and O–H groups in total. The van der Waals surface area contributed by atoms with Gasteiger partial charge in [0.15, 0.2) is 0 Å². The average molecular weight is 271 g/mol. The van der Waals surface area contributed by atoms with Crippen molar-refractivity contribution < 1.29 is 4.79 Å². The Bertz CT molecular complexity index is 512. The first-order valence-corrected chi connectivity index (χ1v) is 5.09. The van der Waals surface area contributed by atoms with E-state index in [-0.39, 0.29) is 0 Å². The van der Waals surface area contributed by atoms with Gasteiger partial charge in [0.1, 0.15) is 0 Å². The molecule has 4 heteroatoms. The van der Waals surface area contributed by atoms with Gasteiger partial charge in [-0.2, -0.15) is 0 Å². The fourth-order valence-electron chi connectivity index (χ4n) is 1.26. The number of nitrogens with zero attached hydrogens (tertiary/aromatic N) is 1. The van der Waals surface area contributed by atoms with Crippen LogP contribution in [0.2, 0.25) is 0 Å². The summed E-state index contributed by atoms with van der Waals surface area (Å²) in [6, 6.07) is 7.10. The molecule has 0 bridgehead atoms. The lowest BCUT2D eigenvalue weighted by Gasteiger charge is -2.01. The van der Waals surface area contributed by atoms with Crippen molar-refractivity contribution in [2.45, 2.75) is 0 Å². The Morgan fingerprint density at radius 2 is 2.21 bits per heavy atom. The lowest BCUT2D eigenvalue weighted by atomic mass is 10.1. The molecular formula is C10H5BrClNO. The summed E-state index contributed by atoms with van der Waals surface area (Å²) >= 11 is 8.74. The van der Waals surface area contributed by atoms with Crippen molar-refractivity contribution in [2.75, 3.05) is 0 Å². The highest BCUT2D eigenvalue weighted by Crippen LogP contribution is 2.24. The number of hydrogen-bond acceptors (Lipinski definition) is 2. The second kappa shape index (κ2) is 3.67. The fourth-order valence-corrected chi connectivity index (χ4v) is 1.95. The minimum Gasteiger partial charge on any atom is -0.276 e. The maximum atomic E-state index is 11.0. The monoisotopic (exact) mass is 269 g/mol. The van der Waals surface area contributed by atoms with Gasteiger partial charge in [0, 0.05) is 21.6 Å². The maximum Gasteiger partial charge on any atom is 0.252 e. The molecule has 0 amide bonds. The minimum atomic E-state index is -0.462. The molecule has 1 aromatic heterocycles. The Morgan fingerprint density at radius 3 is 2.93 bits per heavy atom. The van der Waals surface area contributed by atoms with Crippen LogP contribution in [-0.2, 0) is 0 Å². The van der Waals surface area contributed by atoms with Crippen LogP contribution < -0.4 is 0 Å². The van der Waals surface area contributed by atoms with Crippen LogP contribution in [0.15, 0.2) is 34.9 Å². The first-order valence-electron chi connectivity index (χ1n) is 3.92. The van der Waals surface area contributed by atoms with E-state index in [0.717, 1.165) is 15.4 Å². The van der Waals surface area contributed by atoms with E-state index in [4.69, 9.17) is 11.6 Å². The number of pyridine rings is 1. The van der Waals surface area contributed by atoms with E-state index in [1.165, 1.54) is 0 Å². The van der Waals surface area contributed by atoms with Crippen LogP contribution in [0.3, 0.4) is 0 Å². The fraction of sp³-hybridized carbons (Fsp3) is 0. The molecular weight excluding hydrogens is 265 g/mol. The second-order valence-corrected chi connectivity index (χ2v) is 4.00. The number of benzene rings is 1. The van der Waals surface area contributed by atoms with Crippen molar-refractivity contribution in [3.63, 3.8) is 0 Å². The molecule has 1 aromatic carbocycles. The van der Waals surface area contributed by atoms with Crippen LogP contribution in [-0.4, -0.2) is 10.2 Å². The molecule has 70 valence electrons.